The Balaban J connectivity index is 2.09. The van der Waals surface area contributed by atoms with Gasteiger partial charge in [-0.15, -0.1) is 11.6 Å². The van der Waals surface area contributed by atoms with E-state index in [2.05, 4.69) is 25.6 Å². The molecule has 1 aliphatic carbocycles. The number of alkyl halides is 1. The molecule has 0 spiro atoms. The van der Waals surface area contributed by atoms with E-state index in [1.165, 1.54) is 12.3 Å². The average Bonchev–Trinajstić information content (AvgIpc) is 2.86. The van der Waals surface area contributed by atoms with E-state index in [1.54, 1.807) is 6.20 Å². The largest absolute Gasteiger partial charge is 0.262 e. The molecule has 0 saturated heterocycles. The van der Waals surface area contributed by atoms with Crippen molar-refractivity contribution in [2.75, 3.05) is 12.4 Å². The van der Waals surface area contributed by atoms with Crippen molar-refractivity contribution >= 4 is 37.6 Å². The number of rotatable bonds is 5. The Morgan fingerprint density at radius 1 is 1.37 bits per heavy atom. The summed E-state index contributed by atoms with van der Waals surface area (Å²) in [6, 6.07) is 1.54. The van der Waals surface area contributed by atoms with Crippen LogP contribution in [0.3, 0.4) is 0 Å². The van der Waals surface area contributed by atoms with Crippen LogP contribution in [-0.4, -0.2) is 25.8 Å². The molecule has 4 nitrogen and oxygen atoms in total. The van der Waals surface area contributed by atoms with Crippen LogP contribution in [-0.2, 0) is 10.0 Å². The highest BCUT2D eigenvalue weighted by Crippen LogP contribution is 2.38. The number of hydrogen-bond acceptors (Lipinski definition) is 3. The number of nitrogens with one attached hydrogen (secondary N) is 1. The summed E-state index contributed by atoms with van der Waals surface area (Å²) in [5.74, 6) is 0.492. The summed E-state index contributed by atoms with van der Waals surface area (Å²) in [6.45, 7) is 0.394. The maximum Gasteiger partial charge on any atom is 0.242 e. The monoisotopic (exact) mass is 366 g/mol. The summed E-state index contributed by atoms with van der Waals surface area (Å²) >= 11 is 9.23. The Morgan fingerprint density at radius 2 is 2.05 bits per heavy atom. The molecule has 0 bridgehead atoms. The van der Waals surface area contributed by atoms with Crippen LogP contribution >= 0.6 is 27.5 Å². The van der Waals surface area contributed by atoms with Crippen molar-refractivity contribution in [3.8, 4) is 0 Å². The second-order valence-corrected chi connectivity index (χ2v) is 7.95. The molecule has 0 atom stereocenters. The van der Waals surface area contributed by atoms with Gasteiger partial charge in [0.15, 0.2) is 0 Å². The summed E-state index contributed by atoms with van der Waals surface area (Å²) in [5.41, 5.74) is -0.0892. The second kappa shape index (κ2) is 6.08. The van der Waals surface area contributed by atoms with Crippen molar-refractivity contribution in [1.29, 1.82) is 0 Å². The number of pyridine rings is 1. The van der Waals surface area contributed by atoms with Crippen LogP contribution in [0.15, 0.2) is 27.8 Å². The van der Waals surface area contributed by atoms with E-state index in [4.69, 9.17) is 11.6 Å². The number of sulfonamides is 1. The van der Waals surface area contributed by atoms with Crippen LogP contribution in [0.5, 0.6) is 0 Å². The predicted octanol–water partition coefficient (Wildman–Crippen LogP) is 2.92. The van der Waals surface area contributed by atoms with Gasteiger partial charge in [-0.25, -0.2) is 13.1 Å². The summed E-state index contributed by atoms with van der Waals surface area (Å²) in [7, 11) is -3.52. The van der Waals surface area contributed by atoms with E-state index >= 15 is 0 Å². The first-order valence-corrected chi connectivity index (χ1v) is 8.95. The third kappa shape index (κ3) is 3.68. The molecule has 2 rings (SSSR count). The molecule has 1 aromatic heterocycles. The van der Waals surface area contributed by atoms with Crippen molar-refractivity contribution < 1.29 is 8.42 Å². The lowest BCUT2D eigenvalue weighted by Crippen LogP contribution is -2.37. The van der Waals surface area contributed by atoms with Crippen molar-refractivity contribution in [3.05, 3.63) is 22.9 Å². The normalized spacial score (nSPS) is 18.6. The first kappa shape index (κ1) is 15.2. The number of hydrogen-bond donors (Lipinski definition) is 1. The third-order valence-corrected chi connectivity index (χ3v) is 5.94. The van der Waals surface area contributed by atoms with Gasteiger partial charge < -0.3 is 0 Å². The smallest absolute Gasteiger partial charge is 0.242 e. The van der Waals surface area contributed by atoms with Crippen molar-refractivity contribution in [1.82, 2.24) is 9.71 Å². The molecule has 7 heteroatoms. The molecule has 0 aliphatic heterocycles. The van der Waals surface area contributed by atoms with Crippen LogP contribution in [0, 0.1) is 5.41 Å². The minimum Gasteiger partial charge on any atom is -0.262 e. The maximum absolute atomic E-state index is 12.2. The molecule has 1 aromatic rings. The predicted molar refractivity (Wildman–Crippen MR) is 78.7 cm³/mol. The molecule has 0 aromatic carbocycles. The average molecular weight is 368 g/mol. The van der Waals surface area contributed by atoms with E-state index in [9.17, 15) is 8.42 Å². The van der Waals surface area contributed by atoms with Gasteiger partial charge in [-0.05, 0) is 40.3 Å². The third-order valence-electron chi connectivity index (χ3n) is 3.57. The Hall–Kier alpha value is -0.170. The molecule has 106 valence electrons. The first-order chi connectivity index (χ1) is 8.97. The molecular weight excluding hydrogens is 352 g/mol. The lowest BCUT2D eigenvalue weighted by Gasteiger charge is -2.26. The zero-order valence-corrected chi connectivity index (χ0v) is 13.6. The molecule has 1 aliphatic rings. The second-order valence-electron chi connectivity index (χ2n) is 5.00. The molecule has 0 unspecified atom stereocenters. The van der Waals surface area contributed by atoms with Crippen LogP contribution in [0.4, 0.5) is 0 Å². The number of nitrogens with zero attached hydrogens (tertiary/aromatic N) is 1. The van der Waals surface area contributed by atoms with E-state index in [0.29, 0.717) is 16.9 Å². The Labute approximate surface area is 127 Å². The molecule has 0 amide bonds. The van der Waals surface area contributed by atoms with Gasteiger partial charge in [-0.3, -0.25) is 4.98 Å². The van der Waals surface area contributed by atoms with Gasteiger partial charge in [-0.1, -0.05) is 12.8 Å². The SMILES string of the molecule is O=S(=O)(NCC1(CCl)CCCC1)c1cncc(Br)c1. The van der Waals surface area contributed by atoms with Gasteiger partial charge in [0.1, 0.15) is 4.90 Å². The number of halogens is 2. The first-order valence-electron chi connectivity index (χ1n) is 6.14. The van der Waals surface area contributed by atoms with Crippen LogP contribution in [0.2, 0.25) is 0 Å². The summed E-state index contributed by atoms with van der Waals surface area (Å²) in [6.07, 6.45) is 7.09. The summed E-state index contributed by atoms with van der Waals surface area (Å²) in [4.78, 5) is 4.05. The lowest BCUT2D eigenvalue weighted by molar-refractivity contribution is 0.342. The standard InChI is InChI=1S/C12H16BrClN2O2S/c13-10-5-11(7-15-6-10)19(17,18)16-9-12(8-14)3-1-2-4-12/h5-7,16H,1-4,8-9H2. The Kier molecular flexibility index (Phi) is 4.87. The zero-order valence-electron chi connectivity index (χ0n) is 10.4. The summed E-state index contributed by atoms with van der Waals surface area (Å²) < 4.78 is 27.7. The fourth-order valence-corrected chi connectivity index (χ4v) is 4.38. The van der Waals surface area contributed by atoms with Gasteiger partial charge in [0.2, 0.25) is 10.0 Å². The molecule has 1 saturated carbocycles. The van der Waals surface area contributed by atoms with Crippen molar-refractivity contribution in [3.63, 3.8) is 0 Å². The highest BCUT2D eigenvalue weighted by atomic mass is 79.9. The van der Waals surface area contributed by atoms with Crippen LogP contribution < -0.4 is 4.72 Å². The topological polar surface area (TPSA) is 59.1 Å². The highest BCUT2D eigenvalue weighted by Gasteiger charge is 2.34. The highest BCUT2D eigenvalue weighted by molar-refractivity contribution is 9.10. The maximum atomic E-state index is 12.2. The fraction of sp³-hybridized carbons (Fsp3) is 0.583. The van der Waals surface area contributed by atoms with Gasteiger partial charge in [0.05, 0.1) is 0 Å². The minimum atomic E-state index is -3.52. The molecule has 0 radical (unpaired) electrons. The van der Waals surface area contributed by atoms with Gasteiger partial charge in [0, 0.05) is 29.3 Å². The van der Waals surface area contributed by atoms with Gasteiger partial charge >= 0.3 is 0 Å². The fourth-order valence-electron chi connectivity index (χ4n) is 2.35. The molecule has 19 heavy (non-hydrogen) atoms. The van der Waals surface area contributed by atoms with Crippen molar-refractivity contribution in [2.45, 2.75) is 30.6 Å². The lowest BCUT2D eigenvalue weighted by atomic mass is 9.89. The minimum absolute atomic E-state index is 0.0892. The van der Waals surface area contributed by atoms with Crippen LogP contribution in [0.1, 0.15) is 25.7 Å². The summed E-state index contributed by atoms with van der Waals surface area (Å²) in [5, 5.41) is 0. The van der Waals surface area contributed by atoms with E-state index in [-0.39, 0.29) is 10.3 Å². The Bertz CT molecular complexity index is 544. The molecule has 1 fully saturated rings. The molecule has 1 N–H and O–H groups in total. The molecule has 1 heterocycles. The quantitative estimate of drug-likeness (QED) is 0.814. The van der Waals surface area contributed by atoms with Gasteiger partial charge in [0.25, 0.3) is 0 Å². The van der Waals surface area contributed by atoms with E-state index in [0.717, 1.165) is 25.7 Å². The van der Waals surface area contributed by atoms with E-state index in [1.807, 2.05) is 0 Å². The van der Waals surface area contributed by atoms with Crippen LogP contribution in [0.25, 0.3) is 0 Å². The van der Waals surface area contributed by atoms with E-state index < -0.39 is 10.0 Å². The number of aromatic nitrogens is 1. The molecular formula is C12H16BrClN2O2S. The Morgan fingerprint density at radius 3 is 2.63 bits per heavy atom. The zero-order chi connectivity index (χ0) is 13.9. The van der Waals surface area contributed by atoms with Gasteiger partial charge in [-0.2, -0.15) is 0 Å². The van der Waals surface area contributed by atoms with Crippen molar-refractivity contribution in [2.24, 2.45) is 5.41 Å².